The Morgan fingerprint density at radius 3 is 2.60 bits per heavy atom. The number of carbonyl (C=O) groups is 1. The third-order valence-electron chi connectivity index (χ3n) is 3.80. The molecule has 0 aromatic heterocycles. The van der Waals surface area contributed by atoms with Gasteiger partial charge in [0.25, 0.3) is 5.91 Å². The topological polar surface area (TPSA) is 88.8 Å². The Bertz CT molecular complexity index is 800. The monoisotopic (exact) mass is 410 g/mol. The van der Waals surface area contributed by atoms with Gasteiger partial charge in [0, 0.05) is 21.8 Å². The van der Waals surface area contributed by atoms with Crippen LogP contribution in [0.1, 0.15) is 25.5 Å². The molecule has 2 aromatic carbocycles. The van der Waals surface area contributed by atoms with Gasteiger partial charge in [-0.25, -0.2) is 0 Å². The van der Waals surface area contributed by atoms with E-state index in [0.717, 1.165) is 22.2 Å². The number of amides is 1. The Balaban J connectivity index is 2.04. The molecule has 0 radical (unpaired) electrons. The highest BCUT2D eigenvalue weighted by Crippen LogP contribution is 2.22. The maximum absolute atomic E-state index is 13.3. The predicted molar refractivity (Wildman–Crippen MR) is 95.6 cm³/mol. The van der Waals surface area contributed by atoms with E-state index in [9.17, 15) is 19.3 Å². The third kappa shape index (κ3) is 4.83. The van der Waals surface area contributed by atoms with E-state index >= 15 is 0 Å². The van der Waals surface area contributed by atoms with Crippen LogP contribution in [0.2, 0.25) is 0 Å². The van der Waals surface area contributed by atoms with Crippen molar-refractivity contribution in [3.63, 3.8) is 0 Å². The van der Waals surface area contributed by atoms with Gasteiger partial charge in [0.05, 0.1) is 4.92 Å². The molecule has 25 heavy (non-hydrogen) atoms. The van der Waals surface area contributed by atoms with Crippen LogP contribution < -0.4 is 10.6 Å². The number of nitrogens with one attached hydrogen (secondary N) is 1. The van der Waals surface area contributed by atoms with Crippen LogP contribution in [-0.2, 0) is 4.79 Å². The molecular formula is C17H18BrFN3O3+. The van der Waals surface area contributed by atoms with Crippen LogP contribution in [0.3, 0.4) is 0 Å². The van der Waals surface area contributed by atoms with Crippen molar-refractivity contribution in [2.75, 3.05) is 5.32 Å². The van der Waals surface area contributed by atoms with Gasteiger partial charge in [-0.05, 0) is 32.0 Å². The number of nitro benzene ring substituents is 1. The molecule has 3 N–H and O–H groups in total. The summed E-state index contributed by atoms with van der Waals surface area (Å²) < 4.78 is 14.3. The summed E-state index contributed by atoms with van der Waals surface area (Å²) in [6.07, 6.45) is 0. The summed E-state index contributed by atoms with van der Waals surface area (Å²) >= 11 is 3.49. The lowest BCUT2D eigenvalue weighted by atomic mass is 10.1. The van der Waals surface area contributed by atoms with E-state index in [2.05, 4.69) is 21.2 Å². The van der Waals surface area contributed by atoms with Crippen molar-refractivity contribution in [1.29, 1.82) is 0 Å². The number of hydrogen-bond acceptors (Lipinski definition) is 3. The van der Waals surface area contributed by atoms with E-state index in [1.54, 1.807) is 6.92 Å². The maximum atomic E-state index is 13.3. The van der Waals surface area contributed by atoms with Gasteiger partial charge in [-0.1, -0.05) is 34.1 Å². The zero-order chi connectivity index (χ0) is 18.6. The van der Waals surface area contributed by atoms with Crippen LogP contribution in [0.15, 0.2) is 46.9 Å². The molecule has 0 heterocycles. The van der Waals surface area contributed by atoms with Crippen molar-refractivity contribution in [1.82, 2.24) is 0 Å². The molecule has 0 aliphatic carbocycles. The van der Waals surface area contributed by atoms with E-state index in [-0.39, 0.29) is 17.6 Å². The molecule has 2 aromatic rings. The van der Waals surface area contributed by atoms with Gasteiger partial charge < -0.3 is 10.6 Å². The average Bonchev–Trinajstić information content (AvgIpc) is 2.56. The van der Waals surface area contributed by atoms with Crippen LogP contribution in [-0.4, -0.2) is 16.9 Å². The molecule has 0 saturated carbocycles. The van der Waals surface area contributed by atoms with Crippen molar-refractivity contribution in [2.45, 2.75) is 25.9 Å². The SMILES string of the molecule is C[C@H]([NH2+][C@H](C)C(=O)Nc1ccc(F)c([N+](=O)[O-])c1)c1ccccc1Br. The van der Waals surface area contributed by atoms with Crippen molar-refractivity contribution in [3.05, 3.63) is 68.4 Å². The second-order valence-electron chi connectivity index (χ2n) is 5.70. The number of carbonyl (C=O) groups excluding carboxylic acids is 1. The van der Waals surface area contributed by atoms with Crippen LogP contribution in [0.4, 0.5) is 15.8 Å². The first-order valence-electron chi connectivity index (χ1n) is 7.63. The molecule has 0 saturated heterocycles. The fourth-order valence-electron chi connectivity index (χ4n) is 2.45. The van der Waals surface area contributed by atoms with Gasteiger partial charge >= 0.3 is 5.69 Å². The largest absolute Gasteiger partial charge is 0.330 e. The molecule has 0 unspecified atom stereocenters. The van der Waals surface area contributed by atoms with Gasteiger partial charge in [0.15, 0.2) is 6.04 Å². The van der Waals surface area contributed by atoms with E-state index in [4.69, 9.17) is 0 Å². The minimum atomic E-state index is -0.940. The molecule has 0 aliphatic rings. The number of benzene rings is 2. The standard InChI is InChI=1S/C17H17BrFN3O3/c1-10(13-5-3-4-6-14(13)18)20-11(2)17(23)21-12-7-8-15(19)16(9-12)22(24)25/h3-11,20H,1-2H3,(H,21,23)/p+1/t10-,11+/m0/s1. The fraction of sp³-hybridized carbons (Fsp3) is 0.235. The Morgan fingerprint density at radius 2 is 1.96 bits per heavy atom. The molecule has 0 fully saturated rings. The Kier molecular flexibility index (Phi) is 6.22. The summed E-state index contributed by atoms with van der Waals surface area (Å²) in [5.41, 5.74) is 0.572. The van der Waals surface area contributed by atoms with Crippen molar-refractivity contribution in [3.8, 4) is 0 Å². The highest BCUT2D eigenvalue weighted by molar-refractivity contribution is 9.10. The summed E-state index contributed by atoms with van der Waals surface area (Å²) in [7, 11) is 0. The summed E-state index contributed by atoms with van der Waals surface area (Å²) in [5.74, 6) is -1.26. The normalized spacial score (nSPS) is 13.1. The molecular weight excluding hydrogens is 393 g/mol. The number of anilines is 1. The van der Waals surface area contributed by atoms with Crippen LogP contribution in [0.5, 0.6) is 0 Å². The highest BCUT2D eigenvalue weighted by atomic mass is 79.9. The lowest BCUT2D eigenvalue weighted by Gasteiger charge is -2.17. The summed E-state index contributed by atoms with van der Waals surface area (Å²) in [5, 5.41) is 15.2. The second kappa shape index (κ2) is 8.17. The number of hydrogen-bond donors (Lipinski definition) is 2. The first kappa shape index (κ1) is 19.0. The lowest BCUT2D eigenvalue weighted by molar-refractivity contribution is -0.709. The minimum Gasteiger partial charge on any atom is -0.330 e. The highest BCUT2D eigenvalue weighted by Gasteiger charge is 2.22. The lowest BCUT2D eigenvalue weighted by Crippen LogP contribution is -2.91. The Labute approximate surface area is 152 Å². The molecule has 0 bridgehead atoms. The third-order valence-corrected chi connectivity index (χ3v) is 4.52. The first-order chi connectivity index (χ1) is 11.8. The summed E-state index contributed by atoms with van der Waals surface area (Å²) in [4.78, 5) is 22.3. The van der Waals surface area contributed by atoms with Crippen LogP contribution in [0, 0.1) is 15.9 Å². The van der Waals surface area contributed by atoms with Gasteiger partial charge in [-0.15, -0.1) is 0 Å². The van der Waals surface area contributed by atoms with E-state index in [1.165, 1.54) is 6.07 Å². The quantitative estimate of drug-likeness (QED) is 0.566. The zero-order valence-corrected chi connectivity index (χ0v) is 15.3. The molecule has 6 nitrogen and oxygen atoms in total. The Morgan fingerprint density at radius 1 is 1.28 bits per heavy atom. The number of nitrogens with two attached hydrogens (primary N) is 1. The van der Waals surface area contributed by atoms with E-state index in [0.29, 0.717) is 0 Å². The zero-order valence-electron chi connectivity index (χ0n) is 13.7. The van der Waals surface area contributed by atoms with E-state index < -0.39 is 22.5 Å². The number of rotatable bonds is 6. The smallest absolute Gasteiger partial charge is 0.306 e. The van der Waals surface area contributed by atoms with Crippen LogP contribution >= 0.6 is 15.9 Å². The number of nitrogens with zero attached hydrogens (tertiary/aromatic N) is 1. The average molecular weight is 411 g/mol. The Hall–Kier alpha value is -2.32. The van der Waals surface area contributed by atoms with Crippen molar-refractivity contribution < 1.29 is 19.4 Å². The molecule has 2 rings (SSSR count). The van der Waals surface area contributed by atoms with Gasteiger partial charge in [-0.2, -0.15) is 4.39 Å². The maximum Gasteiger partial charge on any atom is 0.306 e. The van der Waals surface area contributed by atoms with Crippen LogP contribution in [0.25, 0.3) is 0 Å². The number of halogens is 2. The molecule has 8 heteroatoms. The second-order valence-corrected chi connectivity index (χ2v) is 6.56. The first-order valence-corrected chi connectivity index (χ1v) is 8.43. The molecule has 0 aliphatic heterocycles. The van der Waals surface area contributed by atoms with Gasteiger partial charge in [-0.3, -0.25) is 14.9 Å². The predicted octanol–water partition coefficient (Wildman–Crippen LogP) is 3.15. The molecule has 132 valence electrons. The number of nitro groups is 1. The molecule has 2 atom stereocenters. The molecule has 0 spiro atoms. The fourth-order valence-corrected chi connectivity index (χ4v) is 3.10. The minimum absolute atomic E-state index is 0.0267. The number of quaternary nitrogens is 1. The van der Waals surface area contributed by atoms with E-state index in [1.807, 2.05) is 36.5 Å². The molecule has 1 amide bonds. The summed E-state index contributed by atoms with van der Waals surface area (Å²) in [6, 6.07) is 10.6. The van der Waals surface area contributed by atoms with Crippen molar-refractivity contribution >= 4 is 33.2 Å². The summed E-state index contributed by atoms with van der Waals surface area (Å²) in [6.45, 7) is 3.72. The van der Waals surface area contributed by atoms with Crippen molar-refractivity contribution in [2.24, 2.45) is 0 Å². The van der Waals surface area contributed by atoms with Gasteiger partial charge in [0.1, 0.15) is 6.04 Å². The van der Waals surface area contributed by atoms with Gasteiger partial charge in [0.2, 0.25) is 5.82 Å².